The molecule has 2 N–H and O–H groups in total. The molecule has 0 unspecified atom stereocenters. The Labute approximate surface area is 116 Å². The molecule has 0 saturated carbocycles. The maximum absolute atomic E-state index is 12.5. The van der Waals surface area contributed by atoms with Gasteiger partial charge in [0.2, 0.25) is 0 Å². The molecule has 2 rings (SSSR count). The van der Waals surface area contributed by atoms with Crippen molar-refractivity contribution in [3.63, 3.8) is 0 Å². The SMILES string of the molecule is NCCN(Cc1ccc2ccccc2c1)CC(F)(F)F. The van der Waals surface area contributed by atoms with Crippen LogP contribution in [0.25, 0.3) is 10.8 Å². The van der Waals surface area contributed by atoms with Gasteiger partial charge in [-0.25, -0.2) is 0 Å². The molecule has 0 fully saturated rings. The van der Waals surface area contributed by atoms with Crippen molar-refractivity contribution >= 4 is 10.8 Å². The summed E-state index contributed by atoms with van der Waals surface area (Å²) in [6, 6.07) is 13.5. The van der Waals surface area contributed by atoms with Gasteiger partial charge in [0.25, 0.3) is 0 Å². The van der Waals surface area contributed by atoms with E-state index in [0.29, 0.717) is 0 Å². The Morgan fingerprint density at radius 3 is 2.35 bits per heavy atom. The minimum absolute atomic E-state index is 0.212. The highest BCUT2D eigenvalue weighted by atomic mass is 19.4. The van der Waals surface area contributed by atoms with Gasteiger partial charge in [0.15, 0.2) is 0 Å². The summed E-state index contributed by atoms with van der Waals surface area (Å²) in [4.78, 5) is 1.32. The van der Waals surface area contributed by atoms with Crippen LogP contribution in [0.3, 0.4) is 0 Å². The molecule has 0 spiro atoms. The third kappa shape index (κ3) is 4.21. The fourth-order valence-electron chi connectivity index (χ4n) is 2.25. The van der Waals surface area contributed by atoms with Gasteiger partial charge < -0.3 is 5.73 Å². The highest BCUT2D eigenvalue weighted by molar-refractivity contribution is 5.82. The van der Waals surface area contributed by atoms with Crippen LogP contribution in [0.15, 0.2) is 42.5 Å². The van der Waals surface area contributed by atoms with Crippen molar-refractivity contribution in [2.75, 3.05) is 19.6 Å². The number of hydrogen-bond acceptors (Lipinski definition) is 2. The minimum Gasteiger partial charge on any atom is -0.329 e. The number of halogens is 3. The van der Waals surface area contributed by atoms with Crippen LogP contribution in [0, 0.1) is 0 Å². The van der Waals surface area contributed by atoms with Gasteiger partial charge in [-0.2, -0.15) is 13.2 Å². The van der Waals surface area contributed by atoms with E-state index in [4.69, 9.17) is 5.73 Å². The molecule has 0 aromatic heterocycles. The molecule has 0 aliphatic carbocycles. The predicted molar refractivity (Wildman–Crippen MR) is 74.3 cm³/mol. The van der Waals surface area contributed by atoms with E-state index in [-0.39, 0.29) is 19.6 Å². The van der Waals surface area contributed by atoms with Crippen molar-refractivity contribution in [3.05, 3.63) is 48.0 Å². The van der Waals surface area contributed by atoms with Crippen molar-refractivity contribution in [1.82, 2.24) is 4.90 Å². The Morgan fingerprint density at radius 1 is 1.00 bits per heavy atom. The monoisotopic (exact) mass is 282 g/mol. The summed E-state index contributed by atoms with van der Waals surface area (Å²) in [6.45, 7) is -0.241. The predicted octanol–water partition coefficient (Wildman–Crippen LogP) is 3.16. The van der Waals surface area contributed by atoms with E-state index < -0.39 is 12.7 Å². The van der Waals surface area contributed by atoms with Crippen molar-refractivity contribution in [1.29, 1.82) is 0 Å². The average Bonchev–Trinajstić information content (AvgIpc) is 2.37. The van der Waals surface area contributed by atoms with Gasteiger partial charge >= 0.3 is 6.18 Å². The molecule has 2 aromatic carbocycles. The number of hydrogen-bond donors (Lipinski definition) is 1. The molecule has 5 heteroatoms. The molecule has 0 bridgehead atoms. The summed E-state index contributed by atoms with van der Waals surface area (Å²) in [6.07, 6.45) is -4.20. The summed E-state index contributed by atoms with van der Waals surface area (Å²) in [7, 11) is 0. The topological polar surface area (TPSA) is 29.3 Å². The third-order valence-electron chi connectivity index (χ3n) is 3.07. The smallest absolute Gasteiger partial charge is 0.329 e. The molecule has 0 aliphatic heterocycles. The number of fused-ring (bicyclic) bond motifs is 1. The van der Waals surface area contributed by atoms with E-state index in [1.54, 1.807) is 0 Å². The summed E-state index contributed by atoms with van der Waals surface area (Å²) < 4.78 is 37.5. The quantitative estimate of drug-likeness (QED) is 0.912. The molecule has 0 saturated heterocycles. The van der Waals surface area contributed by atoms with Crippen LogP contribution in [-0.2, 0) is 6.54 Å². The van der Waals surface area contributed by atoms with Crippen LogP contribution in [-0.4, -0.2) is 30.7 Å². The first kappa shape index (κ1) is 14.8. The van der Waals surface area contributed by atoms with Gasteiger partial charge in [0, 0.05) is 19.6 Å². The van der Waals surface area contributed by atoms with Crippen LogP contribution in [0.1, 0.15) is 5.56 Å². The van der Waals surface area contributed by atoms with E-state index >= 15 is 0 Å². The zero-order valence-electron chi connectivity index (χ0n) is 11.0. The maximum atomic E-state index is 12.5. The second-order valence-corrected chi connectivity index (χ2v) is 4.80. The van der Waals surface area contributed by atoms with E-state index in [2.05, 4.69) is 0 Å². The van der Waals surface area contributed by atoms with E-state index in [1.165, 1.54) is 4.90 Å². The Morgan fingerprint density at radius 2 is 1.70 bits per heavy atom. The number of rotatable bonds is 5. The largest absolute Gasteiger partial charge is 0.401 e. The number of benzene rings is 2. The molecule has 0 aliphatic rings. The van der Waals surface area contributed by atoms with Gasteiger partial charge in [0.05, 0.1) is 6.54 Å². The summed E-state index contributed by atoms with van der Waals surface area (Å²) in [5.41, 5.74) is 6.25. The van der Waals surface area contributed by atoms with Gasteiger partial charge in [-0.3, -0.25) is 4.90 Å². The van der Waals surface area contributed by atoms with Crippen molar-refractivity contribution in [2.24, 2.45) is 5.73 Å². The Balaban J connectivity index is 2.15. The van der Waals surface area contributed by atoms with Crippen LogP contribution in [0.5, 0.6) is 0 Å². The number of nitrogens with zero attached hydrogens (tertiary/aromatic N) is 1. The standard InChI is InChI=1S/C15H17F3N2/c16-15(17,18)11-20(8-7-19)10-12-5-6-13-3-1-2-4-14(13)9-12/h1-6,9H,7-8,10-11,19H2. The fourth-order valence-corrected chi connectivity index (χ4v) is 2.25. The van der Waals surface area contributed by atoms with E-state index in [9.17, 15) is 13.2 Å². The van der Waals surface area contributed by atoms with Crippen molar-refractivity contribution in [2.45, 2.75) is 12.7 Å². The first-order valence-electron chi connectivity index (χ1n) is 6.45. The lowest BCUT2D eigenvalue weighted by Crippen LogP contribution is -2.37. The molecule has 2 nitrogen and oxygen atoms in total. The summed E-state index contributed by atoms with van der Waals surface area (Å²) in [5, 5.41) is 2.11. The molecule has 0 amide bonds. The number of alkyl halides is 3. The fraction of sp³-hybridized carbons (Fsp3) is 0.333. The Kier molecular flexibility index (Phi) is 4.62. The van der Waals surface area contributed by atoms with Crippen LogP contribution in [0.4, 0.5) is 13.2 Å². The second-order valence-electron chi connectivity index (χ2n) is 4.80. The summed E-state index contributed by atoms with van der Waals surface area (Å²) in [5.74, 6) is 0. The maximum Gasteiger partial charge on any atom is 0.401 e. The zero-order chi connectivity index (χ0) is 14.6. The Hall–Kier alpha value is -1.59. The highest BCUT2D eigenvalue weighted by Gasteiger charge is 2.30. The lowest BCUT2D eigenvalue weighted by Gasteiger charge is -2.23. The molecule has 108 valence electrons. The third-order valence-corrected chi connectivity index (χ3v) is 3.07. The van der Waals surface area contributed by atoms with Gasteiger partial charge in [0.1, 0.15) is 0 Å². The van der Waals surface area contributed by atoms with E-state index in [1.807, 2.05) is 42.5 Å². The lowest BCUT2D eigenvalue weighted by atomic mass is 10.1. The minimum atomic E-state index is -4.20. The van der Waals surface area contributed by atoms with E-state index in [0.717, 1.165) is 16.3 Å². The molecule has 0 radical (unpaired) electrons. The van der Waals surface area contributed by atoms with Crippen molar-refractivity contribution < 1.29 is 13.2 Å². The Bertz CT molecular complexity index is 566. The van der Waals surface area contributed by atoms with Gasteiger partial charge in [-0.15, -0.1) is 0 Å². The van der Waals surface area contributed by atoms with Crippen molar-refractivity contribution in [3.8, 4) is 0 Å². The zero-order valence-corrected chi connectivity index (χ0v) is 11.0. The van der Waals surface area contributed by atoms with Gasteiger partial charge in [-0.1, -0.05) is 36.4 Å². The van der Waals surface area contributed by atoms with Crippen LogP contribution < -0.4 is 5.73 Å². The molecule has 0 atom stereocenters. The second kappa shape index (κ2) is 6.24. The highest BCUT2D eigenvalue weighted by Crippen LogP contribution is 2.20. The molecule has 20 heavy (non-hydrogen) atoms. The molecule has 2 aromatic rings. The summed E-state index contributed by atoms with van der Waals surface area (Å²) >= 11 is 0. The molecular formula is C15H17F3N2. The first-order chi connectivity index (χ1) is 9.48. The lowest BCUT2D eigenvalue weighted by molar-refractivity contribution is -0.146. The first-order valence-corrected chi connectivity index (χ1v) is 6.45. The molecular weight excluding hydrogens is 265 g/mol. The molecule has 0 heterocycles. The number of nitrogens with two attached hydrogens (primary N) is 1. The van der Waals surface area contributed by atoms with Crippen LogP contribution in [0.2, 0.25) is 0 Å². The van der Waals surface area contributed by atoms with Crippen LogP contribution >= 0.6 is 0 Å². The van der Waals surface area contributed by atoms with Gasteiger partial charge in [-0.05, 0) is 22.4 Å². The normalized spacial score (nSPS) is 12.2. The average molecular weight is 282 g/mol.